The number of allylic oxidation sites excluding steroid dienone is 2. The van der Waals surface area contributed by atoms with E-state index >= 15 is 0 Å². The lowest BCUT2D eigenvalue weighted by Crippen LogP contribution is -2.07. The quantitative estimate of drug-likeness (QED) is 0.469. The molecule has 0 spiro atoms. The second-order valence-electron chi connectivity index (χ2n) is 8.66. The maximum Gasteiger partial charge on any atom is -0.0158 e. The van der Waals surface area contributed by atoms with Gasteiger partial charge < -0.3 is 0 Å². The maximum atomic E-state index is 2.33. The minimum absolute atomic E-state index is 1.07. The highest BCUT2D eigenvalue weighted by Gasteiger charge is 2.21. The summed E-state index contributed by atoms with van der Waals surface area (Å²) in [5.74, 6) is 0. The van der Waals surface area contributed by atoms with E-state index in [0.717, 1.165) is 12.8 Å². The Morgan fingerprint density at radius 2 is 0.536 bits per heavy atom. The zero-order chi connectivity index (χ0) is 21.5. The van der Waals surface area contributed by atoms with Gasteiger partial charge in [0.2, 0.25) is 0 Å². The van der Waals surface area contributed by atoms with Crippen LogP contribution in [0, 0.1) is 69.2 Å². The van der Waals surface area contributed by atoms with Crippen LogP contribution in [0.5, 0.6) is 0 Å². The van der Waals surface area contributed by atoms with Gasteiger partial charge in [0.1, 0.15) is 0 Å². The molecule has 0 heteroatoms. The second kappa shape index (κ2) is 8.27. The van der Waals surface area contributed by atoms with Crippen molar-refractivity contribution in [1.29, 1.82) is 0 Å². The Morgan fingerprint density at radius 3 is 0.714 bits per heavy atom. The molecule has 0 saturated heterocycles. The molecule has 0 radical (unpaired) electrons. The summed E-state index contributed by atoms with van der Waals surface area (Å²) in [5.41, 5.74) is 20.6. The van der Waals surface area contributed by atoms with Crippen molar-refractivity contribution < 1.29 is 0 Å². The molecule has 0 aliphatic heterocycles. The predicted octanol–water partition coefficient (Wildman–Crippen LogP) is 8.50. The van der Waals surface area contributed by atoms with Gasteiger partial charge in [0.25, 0.3) is 0 Å². The van der Waals surface area contributed by atoms with Crippen LogP contribution in [0.1, 0.15) is 93.5 Å². The lowest BCUT2D eigenvalue weighted by molar-refractivity contribution is 1.10. The minimum atomic E-state index is 1.07. The summed E-state index contributed by atoms with van der Waals surface area (Å²) in [7, 11) is 0. The largest absolute Gasteiger partial charge is 0.0613 e. The molecule has 0 atom stereocenters. The lowest BCUT2D eigenvalue weighted by Gasteiger charge is -2.26. The van der Waals surface area contributed by atoms with Crippen LogP contribution in [0.25, 0.3) is 11.1 Å². The summed E-state index contributed by atoms with van der Waals surface area (Å²) < 4.78 is 0. The van der Waals surface area contributed by atoms with Gasteiger partial charge in [0, 0.05) is 0 Å². The van der Waals surface area contributed by atoms with Gasteiger partial charge in [-0.25, -0.2) is 0 Å². The van der Waals surface area contributed by atoms with Crippen molar-refractivity contribution in [2.45, 2.75) is 95.9 Å². The van der Waals surface area contributed by atoms with Crippen molar-refractivity contribution in [1.82, 2.24) is 0 Å². The summed E-state index contributed by atoms with van der Waals surface area (Å²) >= 11 is 0. The molecule has 0 aliphatic rings. The Morgan fingerprint density at radius 1 is 0.357 bits per heavy atom. The highest BCUT2D eigenvalue weighted by molar-refractivity contribution is 5.95. The Kier molecular flexibility index (Phi) is 6.64. The fraction of sp³-hybridized carbons (Fsp3) is 0.500. The number of benzene rings is 2. The number of hydrogen-bond acceptors (Lipinski definition) is 0. The molecule has 0 fully saturated rings. The third kappa shape index (κ3) is 3.36. The predicted molar refractivity (Wildman–Crippen MR) is 128 cm³/mol. The highest BCUT2D eigenvalue weighted by atomic mass is 14.3. The standard InChI is InChI=1S/C28H40/c1-13-25(27-21(9)17(5)15(3)18(6)22(27)10)26(14-2)28-23(11)19(7)16(4)20(8)24(28)12/h13-14H2,1-12H3. The Bertz CT molecular complexity index is 827. The first-order valence-electron chi connectivity index (χ1n) is 10.9. The van der Waals surface area contributed by atoms with Gasteiger partial charge >= 0.3 is 0 Å². The lowest BCUT2D eigenvalue weighted by atomic mass is 9.79. The molecule has 2 aromatic rings. The zero-order valence-electron chi connectivity index (χ0n) is 20.4. The Hall–Kier alpha value is -1.82. The molecule has 2 rings (SSSR count). The van der Waals surface area contributed by atoms with E-state index in [1.54, 1.807) is 0 Å². The van der Waals surface area contributed by atoms with Crippen LogP contribution in [0.4, 0.5) is 0 Å². The SMILES string of the molecule is CCC(=C(CC)c1c(C)c(C)c(C)c(C)c1C)c1c(C)c(C)c(C)c(C)c1C. The second-order valence-corrected chi connectivity index (χ2v) is 8.66. The molecule has 152 valence electrons. The van der Waals surface area contributed by atoms with Gasteiger partial charge in [-0.05, 0) is 160 Å². The van der Waals surface area contributed by atoms with E-state index in [1.807, 2.05) is 0 Å². The van der Waals surface area contributed by atoms with Crippen molar-refractivity contribution in [3.63, 3.8) is 0 Å². The van der Waals surface area contributed by atoms with Crippen molar-refractivity contribution in [2.75, 3.05) is 0 Å². The van der Waals surface area contributed by atoms with Crippen LogP contribution in [-0.4, -0.2) is 0 Å². The molecule has 0 aliphatic carbocycles. The molecule has 0 aromatic heterocycles. The maximum absolute atomic E-state index is 2.33. The van der Waals surface area contributed by atoms with Crippen molar-refractivity contribution in [2.24, 2.45) is 0 Å². The zero-order valence-corrected chi connectivity index (χ0v) is 20.4. The van der Waals surface area contributed by atoms with Crippen LogP contribution < -0.4 is 0 Å². The fourth-order valence-corrected chi connectivity index (χ4v) is 4.99. The van der Waals surface area contributed by atoms with Gasteiger partial charge in [0.05, 0.1) is 0 Å². The van der Waals surface area contributed by atoms with Gasteiger partial charge in [-0.3, -0.25) is 0 Å². The highest BCUT2D eigenvalue weighted by Crippen LogP contribution is 2.41. The molecule has 2 aromatic carbocycles. The molecule has 0 heterocycles. The molecule has 0 N–H and O–H groups in total. The first-order chi connectivity index (χ1) is 13.0. The van der Waals surface area contributed by atoms with E-state index in [0.29, 0.717) is 0 Å². The third-order valence-corrected chi connectivity index (χ3v) is 7.67. The summed E-state index contributed by atoms with van der Waals surface area (Å²) in [6.07, 6.45) is 2.13. The van der Waals surface area contributed by atoms with Gasteiger partial charge in [-0.1, -0.05) is 13.8 Å². The molecule has 28 heavy (non-hydrogen) atoms. The summed E-state index contributed by atoms with van der Waals surface area (Å²) in [6, 6.07) is 0. The molecular formula is C28H40. The molecule has 0 saturated carbocycles. The van der Waals surface area contributed by atoms with Crippen LogP contribution in [0.2, 0.25) is 0 Å². The first kappa shape index (κ1) is 22.5. The van der Waals surface area contributed by atoms with Gasteiger partial charge in [-0.15, -0.1) is 0 Å². The summed E-state index contributed by atoms with van der Waals surface area (Å²) in [6.45, 7) is 27.6. The number of hydrogen-bond donors (Lipinski definition) is 0. The van der Waals surface area contributed by atoms with Crippen LogP contribution >= 0.6 is 0 Å². The molecule has 0 nitrogen and oxygen atoms in total. The van der Waals surface area contributed by atoms with Crippen LogP contribution in [-0.2, 0) is 0 Å². The van der Waals surface area contributed by atoms with Gasteiger partial charge in [0.15, 0.2) is 0 Å². The van der Waals surface area contributed by atoms with Crippen LogP contribution in [0.3, 0.4) is 0 Å². The normalized spacial score (nSPS) is 12.4. The van der Waals surface area contributed by atoms with E-state index < -0.39 is 0 Å². The third-order valence-electron chi connectivity index (χ3n) is 7.67. The fourth-order valence-electron chi connectivity index (χ4n) is 4.99. The summed E-state index contributed by atoms with van der Waals surface area (Å²) in [4.78, 5) is 0. The molecule has 0 bridgehead atoms. The van der Waals surface area contributed by atoms with E-state index in [4.69, 9.17) is 0 Å². The monoisotopic (exact) mass is 376 g/mol. The topological polar surface area (TPSA) is 0 Å². The van der Waals surface area contributed by atoms with E-state index in [9.17, 15) is 0 Å². The van der Waals surface area contributed by atoms with E-state index in [1.165, 1.54) is 77.9 Å². The molecule has 0 amide bonds. The van der Waals surface area contributed by atoms with Crippen molar-refractivity contribution in [3.05, 3.63) is 66.8 Å². The summed E-state index contributed by atoms with van der Waals surface area (Å²) in [5, 5.41) is 0. The molecule has 0 unspecified atom stereocenters. The minimum Gasteiger partial charge on any atom is -0.0613 e. The Labute approximate surface area is 174 Å². The Balaban J connectivity index is 3.04. The average molecular weight is 377 g/mol. The first-order valence-corrected chi connectivity index (χ1v) is 10.9. The van der Waals surface area contributed by atoms with Crippen LogP contribution in [0.15, 0.2) is 0 Å². The van der Waals surface area contributed by atoms with Crippen molar-refractivity contribution >= 4 is 11.1 Å². The van der Waals surface area contributed by atoms with E-state index in [2.05, 4.69) is 83.1 Å². The van der Waals surface area contributed by atoms with Gasteiger partial charge in [-0.2, -0.15) is 0 Å². The average Bonchev–Trinajstić information content (AvgIpc) is 2.68. The smallest absolute Gasteiger partial charge is 0.0158 e. The van der Waals surface area contributed by atoms with Crippen molar-refractivity contribution in [3.8, 4) is 0 Å². The number of rotatable bonds is 4. The molecular weight excluding hydrogens is 336 g/mol. The van der Waals surface area contributed by atoms with E-state index in [-0.39, 0.29) is 0 Å².